The van der Waals surface area contributed by atoms with Crippen LogP contribution in [0.1, 0.15) is 38.8 Å². The summed E-state index contributed by atoms with van der Waals surface area (Å²) in [6, 6.07) is 14.0. The third-order valence-corrected chi connectivity index (χ3v) is 4.80. The lowest BCUT2D eigenvalue weighted by Gasteiger charge is -2.19. The molecule has 2 aromatic rings. The number of nitrogens with zero attached hydrogens (tertiary/aromatic N) is 1. The summed E-state index contributed by atoms with van der Waals surface area (Å²) in [7, 11) is 0. The molecule has 0 bridgehead atoms. The molecule has 5 heteroatoms. The number of rotatable bonds is 5. The molecule has 0 aliphatic rings. The summed E-state index contributed by atoms with van der Waals surface area (Å²) in [4.78, 5) is 0. The molecule has 3 nitrogen and oxygen atoms in total. The molecular weight excluding hydrogens is 325 g/mol. The highest BCUT2D eigenvalue weighted by molar-refractivity contribution is 7.91. The van der Waals surface area contributed by atoms with Gasteiger partial charge in [0, 0.05) is 5.56 Å². The Labute approximate surface area is 145 Å². The molecule has 0 radical (unpaired) electrons. The molecule has 1 atom stereocenters. The van der Waals surface area contributed by atoms with Gasteiger partial charge in [0.2, 0.25) is 0 Å². The van der Waals surface area contributed by atoms with Gasteiger partial charge in [-0.15, -0.1) is 0 Å². The van der Waals surface area contributed by atoms with Crippen LogP contribution in [0.5, 0.6) is 5.75 Å². The largest absolute Gasteiger partial charge is 0.591 e. The van der Waals surface area contributed by atoms with E-state index in [0.29, 0.717) is 23.6 Å². The minimum Gasteiger partial charge on any atom is -0.591 e. The van der Waals surface area contributed by atoms with Crippen molar-refractivity contribution in [2.45, 2.75) is 39.0 Å². The van der Waals surface area contributed by atoms with Gasteiger partial charge in [0.1, 0.15) is 34.3 Å². The maximum atomic E-state index is 13.7. The van der Waals surface area contributed by atoms with Crippen LogP contribution >= 0.6 is 0 Å². The Balaban J connectivity index is 2.25. The quantitative estimate of drug-likeness (QED) is 0.582. The Bertz CT molecular complexity index is 711. The fourth-order valence-electron chi connectivity index (χ4n) is 1.96. The van der Waals surface area contributed by atoms with E-state index in [4.69, 9.17) is 4.74 Å². The van der Waals surface area contributed by atoms with Crippen LogP contribution < -0.4 is 4.74 Å². The topological polar surface area (TPSA) is 44.7 Å². The molecule has 0 aliphatic carbocycles. The zero-order valence-electron chi connectivity index (χ0n) is 14.4. The number of ether oxygens (including phenoxy) is 1. The molecule has 0 aromatic heterocycles. The summed E-state index contributed by atoms with van der Waals surface area (Å²) < 4.78 is 35.4. The van der Waals surface area contributed by atoms with Crippen molar-refractivity contribution < 1.29 is 13.7 Å². The highest BCUT2D eigenvalue weighted by Crippen LogP contribution is 2.24. The Hall–Kier alpha value is -1.85. The van der Waals surface area contributed by atoms with Crippen molar-refractivity contribution >= 4 is 17.1 Å². The smallest absolute Gasteiger partial charge is 0.144 e. The van der Waals surface area contributed by atoms with Crippen molar-refractivity contribution in [3.63, 3.8) is 0 Å². The maximum absolute atomic E-state index is 13.7. The van der Waals surface area contributed by atoms with E-state index in [0.717, 1.165) is 5.56 Å². The molecule has 0 fully saturated rings. The van der Waals surface area contributed by atoms with Crippen LogP contribution in [0.4, 0.5) is 4.39 Å². The third kappa shape index (κ3) is 5.08. The lowest BCUT2D eigenvalue weighted by molar-refractivity contribution is 0.305. The minimum atomic E-state index is -1.41. The van der Waals surface area contributed by atoms with E-state index >= 15 is 0 Å². The van der Waals surface area contributed by atoms with Gasteiger partial charge in [-0.2, -0.15) is 0 Å². The molecule has 0 spiro atoms. The fraction of sp³-hybridized carbons (Fsp3) is 0.316. The first-order chi connectivity index (χ1) is 11.3. The minimum absolute atomic E-state index is 0.370. The lowest BCUT2D eigenvalue weighted by Crippen LogP contribution is -2.26. The molecule has 24 heavy (non-hydrogen) atoms. The fourth-order valence-corrected chi connectivity index (χ4v) is 2.58. The number of hydrogen-bond acceptors (Lipinski definition) is 3. The second-order valence-electron chi connectivity index (χ2n) is 6.45. The molecule has 0 N–H and O–H groups in total. The summed E-state index contributed by atoms with van der Waals surface area (Å²) in [6.45, 7) is 7.62. The molecule has 1 unspecified atom stereocenters. The van der Waals surface area contributed by atoms with Crippen molar-refractivity contribution in [2.75, 3.05) is 0 Å². The third-order valence-electron chi connectivity index (χ3n) is 3.31. The first-order valence-corrected chi connectivity index (χ1v) is 8.82. The van der Waals surface area contributed by atoms with Crippen molar-refractivity contribution in [2.24, 2.45) is 4.40 Å². The summed E-state index contributed by atoms with van der Waals surface area (Å²) in [5, 5.41) is 0. The van der Waals surface area contributed by atoms with Crippen LogP contribution in [0, 0.1) is 5.82 Å². The zero-order chi connectivity index (χ0) is 17.7. The first-order valence-electron chi connectivity index (χ1n) is 7.71. The molecule has 2 aromatic carbocycles. The van der Waals surface area contributed by atoms with Gasteiger partial charge in [0.05, 0.1) is 5.71 Å². The first kappa shape index (κ1) is 18.5. The summed E-state index contributed by atoms with van der Waals surface area (Å²) in [5.74, 6) is 0.139. The number of halogens is 1. The van der Waals surface area contributed by atoms with Crippen LogP contribution in [-0.2, 0) is 18.0 Å². The van der Waals surface area contributed by atoms with Gasteiger partial charge in [0.15, 0.2) is 0 Å². The Kier molecular flexibility index (Phi) is 6.02. The molecule has 0 aliphatic heterocycles. The molecule has 0 saturated carbocycles. The van der Waals surface area contributed by atoms with E-state index < -0.39 is 16.1 Å². The Morgan fingerprint density at radius 2 is 1.83 bits per heavy atom. The number of hydrogen-bond donors (Lipinski definition) is 0. The van der Waals surface area contributed by atoms with E-state index in [2.05, 4.69) is 4.40 Å². The van der Waals surface area contributed by atoms with Gasteiger partial charge in [0.25, 0.3) is 0 Å². The van der Waals surface area contributed by atoms with Crippen LogP contribution in [0.2, 0.25) is 0 Å². The highest BCUT2D eigenvalue weighted by atomic mass is 32.2. The van der Waals surface area contributed by atoms with E-state index in [1.54, 1.807) is 13.0 Å². The van der Waals surface area contributed by atoms with Crippen molar-refractivity contribution in [3.8, 4) is 5.75 Å². The normalized spacial score (nSPS) is 13.7. The molecular formula is C19H22FNO2S. The highest BCUT2D eigenvalue weighted by Gasteiger charge is 2.27. The predicted octanol–water partition coefficient (Wildman–Crippen LogP) is 4.68. The molecule has 0 saturated heterocycles. The van der Waals surface area contributed by atoms with E-state index in [-0.39, 0.29) is 5.82 Å². The maximum Gasteiger partial charge on any atom is 0.144 e. The van der Waals surface area contributed by atoms with E-state index in [9.17, 15) is 8.94 Å². The summed E-state index contributed by atoms with van der Waals surface area (Å²) in [6.07, 6.45) is 0. The van der Waals surface area contributed by atoms with Crippen LogP contribution in [0.25, 0.3) is 0 Å². The van der Waals surface area contributed by atoms with Crippen LogP contribution in [-0.4, -0.2) is 15.0 Å². The monoisotopic (exact) mass is 347 g/mol. The van der Waals surface area contributed by atoms with Gasteiger partial charge < -0.3 is 9.29 Å². The molecule has 0 amide bonds. The van der Waals surface area contributed by atoms with Crippen molar-refractivity contribution in [1.29, 1.82) is 0 Å². The van der Waals surface area contributed by atoms with Crippen molar-refractivity contribution in [1.82, 2.24) is 0 Å². The van der Waals surface area contributed by atoms with Gasteiger partial charge >= 0.3 is 0 Å². The summed E-state index contributed by atoms with van der Waals surface area (Å²) >= 11 is -1.41. The van der Waals surface area contributed by atoms with Crippen LogP contribution in [0.3, 0.4) is 0 Å². The average Bonchev–Trinajstić information content (AvgIpc) is 2.53. The van der Waals surface area contributed by atoms with Crippen LogP contribution in [0.15, 0.2) is 52.9 Å². The van der Waals surface area contributed by atoms with Gasteiger partial charge in [-0.05, 0) is 51.5 Å². The van der Waals surface area contributed by atoms with Gasteiger partial charge in [-0.3, -0.25) is 0 Å². The Morgan fingerprint density at radius 1 is 1.17 bits per heavy atom. The van der Waals surface area contributed by atoms with Gasteiger partial charge in [-0.25, -0.2) is 4.39 Å². The predicted molar refractivity (Wildman–Crippen MR) is 97.3 cm³/mol. The molecule has 128 valence electrons. The molecule has 2 rings (SSSR count). The average molecular weight is 347 g/mol. The summed E-state index contributed by atoms with van der Waals surface area (Å²) in [5.41, 5.74) is 2.02. The van der Waals surface area contributed by atoms with Gasteiger partial charge in [-0.1, -0.05) is 34.7 Å². The zero-order valence-corrected chi connectivity index (χ0v) is 15.2. The molecule has 0 heterocycles. The van der Waals surface area contributed by atoms with E-state index in [1.165, 1.54) is 12.1 Å². The Morgan fingerprint density at radius 3 is 2.46 bits per heavy atom. The number of benzene rings is 2. The lowest BCUT2D eigenvalue weighted by atomic mass is 10.1. The second-order valence-corrected chi connectivity index (χ2v) is 8.36. The second kappa shape index (κ2) is 7.81. The van der Waals surface area contributed by atoms with Crippen molar-refractivity contribution in [3.05, 3.63) is 65.5 Å². The standard InChI is InChI=1S/C19H22FNO2S/c1-14(21-24(22)19(2,3)4)17-12-16(20)10-11-18(17)23-13-15-8-6-5-7-9-15/h5-12H,13H2,1-4H3/b21-14+. The van der Waals surface area contributed by atoms with E-state index in [1.807, 2.05) is 51.1 Å². The SMILES string of the molecule is C/C(=N\[S+]([O-])C(C)(C)C)c1cc(F)ccc1OCc1ccccc1.